The summed E-state index contributed by atoms with van der Waals surface area (Å²) in [6.07, 6.45) is 1.50. The Bertz CT molecular complexity index is 1130. The summed E-state index contributed by atoms with van der Waals surface area (Å²) in [5.41, 5.74) is 3.69. The molecule has 2 heterocycles. The fourth-order valence-corrected chi connectivity index (χ4v) is 3.25. The molecule has 0 unspecified atom stereocenters. The Morgan fingerprint density at radius 3 is 2.48 bits per heavy atom. The largest absolute Gasteiger partial charge is 0.378 e. The first kappa shape index (κ1) is 17.1. The van der Waals surface area contributed by atoms with Gasteiger partial charge in [-0.2, -0.15) is 9.78 Å². The van der Waals surface area contributed by atoms with Crippen LogP contribution in [0.15, 0.2) is 59.7 Å². The van der Waals surface area contributed by atoms with E-state index >= 15 is 0 Å². The Hall–Kier alpha value is -3.35. The van der Waals surface area contributed by atoms with E-state index in [1.54, 1.807) is 7.05 Å². The number of nitrogens with zero attached hydrogens (tertiary/aromatic N) is 5. The van der Waals surface area contributed by atoms with Crippen LogP contribution < -0.4 is 11.0 Å². The highest BCUT2D eigenvalue weighted by Gasteiger charge is 2.12. The summed E-state index contributed by atoms with van der Waals surface area (Å²) >= 11 is 0. The molecule has 0 saturated heterocycles. The topological polar surface area (TPSA) is 69.7 Å². The van der Waals surface area contributed by atoms with E-state index in [0.717, 1.165) is 28.2 Å². The maximum absolute atomic E-state index is 12.0. The molecule has 0 saturated carbocycles. The summed E-state index contributed by atoms with van der Waals surface area (Å²) in [4.78, 5) is 16.8. The lowest BCUT2D eigenvalue weighted by atomic mass is 10.2. The van der Waals surface area contributed by atoms with Crippen molar-refractivity contribution in [3.63, 3.8) is 0 Å². The number of fused-ring (bicyclic) bond motifs is 1. The van der Waals surface area contributed by atoms with E-state index < -0.39 is 0 Å². The van der Waals surface area contributed by atoms with Gasteiger partial charge in [0.2, 0.25) is 0 Å². The minimum Gasteiger partial charge on any atom is -0.378 e. The van der Waals surface area contributed by atoms with Crippen molar-refractivity contribution in [2.45, 2.75) is 26.4 Å². The highest BCUT2D eigenvalue weighted by Crippen LogP contribution is 2.22. The van der Waals surface area contributed by atoms with Gasteiger partial charge in [0, 0.05) is 18.8 Å². The summed E-state index contributed by atoms with van der Waals surface area (Å²) in [6.45, 7) is 4.95. The van der Waals surface area contributed by atoms with Gasteiger partial charge in [-0.25, -0.2) is 9.78 Å². The van der Waals surface area contributed by atoms with E-state index in [0.29, 0.717) is 12.6 Å². The Morgan fingerprint density at radius 1 is 1.07 bits per heavy atom. The molecule has 2 aromatic heterocycles. The molecule has 7 nitrogen and oxygen atoms in total. The van der Waals surface area contributed by atoms with E-state index in [2.05, 4.69) is 34.9 Å². The van der Waals surface area contributed by atoms with Crippen LogP contribution in [0, 0.1) is 0 Å². The second-order valence-electron chi connectivity index (χ2n) is 6.82. The van der Waals surface area contributed by atoms with Gasteiger partial charge < -0.3 is 9.88 Å². The standard InChI is InChI=1S/C20H22N6O/c1-14(2)25-18-7-5-4-6-17(18)23-19(25)12-21-15-8-10-16(11-9-15)26-20(27)24(3)13-22-26/h4-11,13-14,21H,12H2,1-3H3. The van der Waals surface area contributed by atoms with Gasteiger partial charge in [0.1, 0.15) is 12.2 Å². The van der Waals surface area contributed by atoms with Crippen molar-refractivity contribution < 1.29 is 0 Å². The van der Waals surface area contributed by atoms with Crippen LogP contribution in [-0.4, -0.2) is 23.9 Å². The first-order valence-electron chi connectivity index (χ1n) is 8.95. The monoisotopic (exact) mass is 362 g/mol. The lowest BCUT2D eigenvalue weighted by molar-refractivity contribution is 0.589. The maximum Gasteiger partial charge on any atom is 0.350 e. The van der Waals surface area contributed by atoms with Gasteiger partial charge in [0.25, 0.3) is 0 Å². The zero-order valence-corrected chi connectivity index (χ0v) is 15.6. The Kier molecular flexibility index (Phi) is 4.27. The summed E-state index contributed by atoms with van der Waals surface area (Å²) in [7, 11) is 1.68. The van der Waals surface area contributed by atoms with Crippen LogP contribution in [0.3, 0.4) is 0 Å². The molecule has 0 spiro atoms. The van der Waals surface area contributed by atoms with Gasteiger partial charge >= 0.3 is 5.69 Å². The van der Waals surface area contributed by atoms with Gasteiger partial charge in [-0.05, 0) is 50.2 Å². The number of para-hydroxylation sites is 2. The van der Waals surface area contributed by atoms with Crippen molar-refractivity contribution in [1.82, 2.24) is 23.9 Å². The number of hydrogen-bond donors (Lipinski definition) is 1. The molecular formula is C20H22N6O. The molecule has 27 heavy (non-hydrogen) atoms. The number of aryl methyl sites for hydroxylation is 1. The van der Waals surface area contributed by atoms with Gasteiger partial charge in [-0.3, -0.25) is 4.57 Å². The van der Waals surface area contributed by atoms with Crippen LogP contribution in [0.25, 0.3) is 16.7 Å². The minimum atomic E-state index is -0.165. The van der Waals surface area contributed by atoms with Crippen molar-refractivity contribution in [3.05, 3.63) is 71.2 Å². The van der Waals surface area contributed by atoms with Crippen LogP contribution in [-0.2, 0) is 13.6 Å². The third-order valence-electron chi connectivity index (χ3n) is 4.57. The minimum absolute atomic E-state index is 0.165. The molecule has 138 valence electrons. The van der Waals surface area contributed by atoms with E-state index in [1.165, 1.54) is 15.6 Å². The predicted molar refractivity (Wildman–Crippen MR) is 106 cm³/mol. The van der Waals surface area contributed by atoms with Gasteiger partial charge in [0.05, 0.1) is 23.3 Å². The number of aromatic nitrogens is 5. The number of rotatable bonds is 5. The number of imidazole rings is 1. The van der Waals surface area contributed by atoms with Crippen LogP contribution >= 0.6 is 0 Å². The molecule has 2 aromatic carbocycles. The molecule has 1 N–H and O–H groups in total. The molecule has 0 atom stereocenters. The fraction of sp³-hybridized carbons (Fsp3) is 0.250. The number of benzene rings is 2. The Labute approximate surface area is 156 Å². The van der Waals surface area contributed by atoms with E-state index in [1.807, 2.05) is 42.5 Å². The maximum atomic E-state index is 12.0. The lowest BCUT2D eigenvalue weighted by Gasteiger charge is -2.14. The highest BCUT2D eigenvalue weighted by atomic mass is 16.2. The number of nitrogens with one attached hydrogen (secondary N) is 1. The number of anilines is 1. The third kappa shape index (κ3) is 3.12. The molecule has 4 aromatic rings. The zero-order valence-electron chi connectivity index (χ0n) is 15.6. The summed E-state index contributed by atoms with van der Waals surface area (Å²) in [5.74, 6) is 0.997. The molecule has 7 heteroatoms. The first-order valence-corrected chi connectivity index (χ1v) is 8.95. The van der Waals surface area contributed by atoms with Gasteiger partial charge in [-0.1, -0.05) is 12.1 Å². The quantitative estimate of drug-likeness (QED) is 0.592. The number of hydrogen-bond acceptors (Lipinski definition) is 4. The SMILES string of the molecule is CC(C)n1c(CNc2ccc(-n3ncn(C)c3=O)cc2)nc2ccccc21. The summed E-state index contributed by atoms with van der Waals surface area (Å²) in [5, 5.41) is 7.52. The second-order valence-corrected chi connectivity index (χ2v) is 6.82. The summed E-state index contributed by atoms with van der Waals surface area (Å²) < 4.78 is 5.08. The Balaban J connectivity index is 1.56. The first-order chi connectivity index (χ1) is 13.0. The highest BCUT2D eigenvalue weighted by molar-refractivity contribution is 5.76. The summed E-state index contributed by atoms with van der Waals surface area (Å²) in [6, 6.07) is 16.2. The average Bonchev–Trinajstić information content (AvgIpc) is 3.21. The molecule has 0 amide bonds. The predicted octanol–water partition coefficient (Wildman–Crippen LogP) is 3.11. The average molecular weight is 362 g/mol. The molecule has 4 rings (SSSR count). The Morgan fingerprint density at radius 2 is 1.81 bits per heavy atom. The molecule has 0 aliphatic heterocycles. The molecule has 0 bridgehead atoms. The molecule has 0 radical (unpaired) electrons. The van der Waals surface area contributed by atoms with Crippen molar-refractivity contribution in [2.24, 2.45) is 7.05 Å². The van der Waals surface area contributed by atoms with Gasteiger partial charge in [0.15, 0.2) is 0 Å². The van der Waals surface area contributed by atoms with E-state index in [-0.39, 0.29) is 5.69 Å². The lowest BCUT2D eigenvalue weighted by Crippen LogP contribution is -2.21. The molecular weight excluding hydrogens is 340 g/mol. The van der Waals surface area contributed by atoms with Gasteiger partial charge in [-0.15, -0.1) is 0 Å². The molecule has 0 fully saturated rings. The van der Waals surface area contributed by atoms with Crippen LogP contribution in [0.4, 0.5) is 5.69 Å². The molecule has 0 aliphatic carbocycles. The van der Waals surface area contributed by atoms with E-state index in [9.17, 15) is 4.79 Å². The van der Waals surface area contributed by atoms with Crippen LogP contribution in [0.1, 0.15) is 25.7 Å². The zero-order chi connectivity index (χ0) is 19.0. The van der Waals surface area contributed by atoms with Crippen LogP contribution in [0.2, 0.25) is 0 Å². The van der Waals surface area contributed by atoms with Crippen molar-refractivity contribution in [2.75, 3.05) is 5.32 Å². The molecule has 0 aliphatic rings. The van der Waals surface area contributed by atoms with Crippen molar-refractivity contribution in [1.29, 1.82) is 0 Å². The van der Waals surface area contributed by atoms with Crippen molar-refractivity contribution in [3.8, 4) is 5.69 Å². The van der Waals surface area contributed by atoms with E-state index in [4.69, 9.17) is 4.98 Å². The fourth-order valence-electron chi connectivity index (χ4n) is 3.25. The van der Waals surface area contributed by atoms with Crippen molar-refractivity contribution >= 4 is 16.7 Å². The third-order valence-corrected chi connectivity index (χ3v) is 4.57. The smallest absolute Gasteiger partial charge is 0.350 e. The second kappa shape index (κ2) is 6.75. The van der Waals surface area contributed by atoms with Crippen LogP contribution in [0.5, 0.6) is 0 Å². The normalized spacial score (nSPS) is 11.4.